The van der Waals surface area contributed by atoms with Crippen molar-refractivity contribution in [3.63, 3.8) is 0 Å². The molecule has 1 heterocycles. The predicted octanol–water partition coefficient (Wildman–Crippen LogP) is -0.595. The molecule has 3 N–H and O–H groups in total. The summed E-state index contributed by atoms with van der Waals surface area (Å²) >= 11 is 0. The van der Waals surface area contributed by atoms with Crippen molar-refractivity contribution in [1.29, 1.82) is 0 Å². The largest absolute Gasteiger partial charge is 0.463 e. The Morgan fingerprint density at radius 2 is 1.94 bits per heavy atom. The summed E-state index contributed by atoms with van der Waals surface area (Å²) in [4.78, 5) is 10.5. The number of hydrogen-bond acceptors (Lipinski definition) is 6. The van der Waals surface area contributed by atoms with E-state index in [1.54, 1.807) is 0 Å². The average Bonchev–Trinajstić information content (AvgIpc) is 2.24. The molecule has 0 bridgehead atoms. The van der Waals surface area contributed by atoms with E-state index in [9.17, 15) is 15.0 Å². The third-order valence-electron chi connectivity index (χ3n) is 2.00. The van der Waals surface area contributed by atoms with Crippen molar-refractivity contribution in [3.8, 4) is 0 Å². The van der Waals surface area contributed by atoms with Crippen LogP contribution in [0, 0.1) is 0 Å². The molecular weight excluding hydrogens is 216 g/mol. The molecule has 4 unspecified atom stereocenters. The van der Waals surface area contributed by atoms with Crippen LogP contribution >= 0.6 is 0 Å². The SMILES string of the molecule is CC.CC(=O)OCC1OC(O)CC(O)C1O. The highest BCUT2D eigenvalue weighted by atomic mass is 16.6. The maximum absolute atomic E-state index is 10.5. The van der Waals surface area contributed by atoms with Gasteiger partial charge in [-0.3, -0.25) is 4.79 Å². The molecule has 1 fully saturated rings. The first-order valence-corrected chi connectivity index (χ1v) is 5.33. The van der Waals surface area contributed by atoms with Gasteiger partial charge in [-0.15, -0.1) is 0 Å². The van der Waals surface area contributed by atoms with Gasteiger partial charge < -0.3 is 24.8 Å². The summed E-state index contributed by atoms with van der Waals surface area (Å²) in [6.45, 7) is 5.05. The van der Waals surface area contributed by atoms with Crippen LogP contribution in [0.5, 0.6) is 0 Å². The minimum Gasteiger partial charge on any atom is -0.463 e. The first-order valence-electron chi connectivity index (χ1n) is 5.33. The number of aliphatic hydroxyl groups is 3. The second-order valence-electron chi connectivity index (χ2n) is 3.23. The van der Waals surface area contributed by atoms with E-state index in [-0.39, 0.29) is 13.0 Å². The van der Waals surface area contributed by atoms with Gasteiger partial charge in [0.2, 0.25) is 0 Å². The molecule has 0 aromatic heterocycles. The van der Waals surface area contributed by atoms with Crippen LogP contribution in [0.3, 0.4) is 0 Å². The van der Waals surface area contributed by atoms with Crippen LogP contribution in [0.15, 0.2) is 0 Å². The molecular formula is C10H20O6. The summed E-state index contributed by atoms with van der Waals surface area (Å²) < 4.78 is 9.49. The minimum absolute atomic E-state index is 0.0439. The molecule has 0 aromatic rings. The zero-order chi connectivity index (χ0) is 12.7. The predicted molar refractivity (Wildman–Crippen MR) is 55.5 cm³/mol. The van der Waals surface area contributed by atoms with E-state index in [4.69, 9.17) is 9.84 Å². The molecule has 1 aliphatic heterocycles. The van der Waals surface area contributed by atoms with Gasteiger partial charge in [-0.05, 0) is 0 Å². The highest BCUT2D eigenvalue weighted by molar-refractivity contribution is 5.65. The molecule has 0 radical (unpaired) electrons. The molecule has 1 rings (SSSR count). The van der Waals surface area contributed by atoms with Crippen molar-refractivity contribution < 1.29 is 29.6 Å². The fraction of sp³-hybridized carbons (Fsp3) is 0.900. The molecule has 96 valence electrons. The monoisotopic (exact) mass is 236 g/mol. The number of carbonyl (C=O) groups excluding carboxylic acids is 1. The summed E-state index contributed by atoms with van der Waals surface area (Å²) in [5.74, 6) is -0.504. The zero-order valence-corrected chi connectivity index (χ0v) is 9.79. The Bertz CT molecular complexity index is 207. The van der Waals surface area contributed by atoms with Crippen molar-refractivity contribution in [2.45, 2.75) is 51.8 Å². The van der Waals surface area contributed by atoms with E-state index >= 15 is 0 Å². The van der Waals surface area contributed by atoms with E-state index < -0.39 is 30.6 Å². The lowest BCUT2D eigenvalue weighted by molar-refractivity contribution is -0.241. The lowest BCUT2D eigenvalue weighted by Gasteiger charge is -2.34. The van der Waals surface area contributed by atoms with Crippen LogP contribution in [0.25, 0.3) is 0 Å². The number of carbonyl (C=O) groups is 1. The molecule has 0 saturated carbocycles. The summed E-state index contributed by atoms with van der Waals surface area (Å²) in [7, 11) is 0. The van der Waals surface area contributed by atoms with Crippen molar-refractivity contribution in [2.75, 3.05) is 6.61 Å². The van der Waals surface area contributed by atoms with Crippen molar-refractivity contribution >= 4 is 5.97 Å². The highest BCUT2D eigenvalue weighted by Gasteiger charge is 2.36. The number of esters is 1. The van der Waals surface area contributed by atoms with Gasteiger partial charge in [-0.25, -0.2) is 0 Å². The topological polar surface area (TPSA) is 96.2 Å². The van der Waals surface area contributed by atoms with Crippen molar-refractivity contribution in [2.24, 2.45) is 0 Å². The van der Waals surface area contributed by atoms with E-state index in [1.807, 2.05) is 13.8 Å². The van der Waals surface area contributed by atoms with Gasteiger partial charge in [0.1, 0.15) is 18.8 Å². The van der Waals surface area contributed by atoms with Gasteiger partial charge >= 0.3 is 5.97 Å². The Hall–Kier alpha value is -0.690. The Balaban J connectivity index is 0.00000106. The molecule has 16 heavy (non-hydrogen) atoms. The van der Waals surface area contributed by atoms with Gasteiger partial charge in [-0.1, -0.05) is 13.8 Å². The minimum atomic E-state index is -1.14. The molecule has 1 aliphatic rings. The number of ether oxygens (including phenoxy) is 2. The number of aliphatic hydroxyl groups excluding tert-OH is 3. The van der Waals surface area contributed by atoms with Gasteiger partial charge in [0.15, 0.2) is 6.29 Å². The lowest BCUT2D eigenvalue weighted by atomic mass is 10.0. The van der Waals surface area contributed by atoms with Gasteiger partial charge in [0, 0.05) is 13.3 Å². The highest BCUT2D eigenvalue weighted by Crippen LogP contribution is 2.19. The maximum atomic E-state index is 10.5. The number of hydrogen-bond donors (Lipinski definition) is 3. The molecule has 0 spiro atoms. The lowest BCUT2D eigenvalue weighted by Crippen LogP contribution is -2.50. The molecule has 6 nitrogen and oxygen atoms in total. The quantitative estimate of drug-likeness (QED) is 0.554. The fourth-order valence-corrected chi connectivity index (χ4v) is 1.27. The molecule has 1 saturated heterocycles. The van der Waals surface area contributed by atoms with Crippen LogP contribution in [0.4, 0.5) is 0 Å². The summed E-state index contributed by atoms with van der Waals surface area (Å²) in [6, 6.07) is 0. The average molecular weight is 236 g/mol. The van der Waals surface area contributed by atoms with Crippen LogP contribution < -0.4 is 0 Å². The second kappa shape index (κ2) is 7.56. The smallest absolute Gasteiger partial charge is 0.302 e. The van der Waals surface area contributed by atoms with E-state index in [2.05, 4.69) is 4.74 Å². The molecule has 0 aliphatic carbocycles. The van der Waals surface area contributed by atoms with Crippen LogP contribution in [-0.2, 0) is 14.3 Å². The Morgan fingerprint density at radius 1 is 1.38 bits per heavy atom. The molecule has 6 heteroatoms. The Morgan fingerprint density at radius 3 is 2.44 bits per heavy atom. The van der Waals surface area contributed by atoms with Crippen LogP contribution in [0.2, 0.25) is 0 Å². The molecule has 4 atom stereocenters. The summed E-state index contributed by atoms with van der Waals surface area (Å²) in [6.07, 6.45) is -4.25. The van der Waals surface area contributed by atoms with Crippen LogP contribution in [0.1, 0.15) is 27.2 Å². The van der Waals surface area contributed by atoms with Crippen molar-refractivity contribution in [1.82, 2.24) is 0 Å². The van der Waals surface area contributed by atoms with Crippen LogP contribution in [-0.4, -0.2) is 52.5 Å². The van der Waals surface area contributed by atoms with Gasteiger partial charge in [0.25, 0.3) is 0 Å². The maximum Gasteiger partial charge on any atom is 0.302 e. The molecule has 0 aromatic carbocycles. The van der Waals surface area contributed by atoms with Gasteiger partial charge in [0.05, 0.1) is 6.10 Å². The number of rotatable bonds is 2. The second-order valence-corrected chi connectivity index (χ2v) is 3.23. The Labute approximate surface area is 94.8 Å². The third-order valence-corrected chi connectivity index (χ3v) is 2.00. The Kier molecular flexibility index (Phi) is 7.24. The zero-order valence-electron chi connectivity index (χ0n) is 9.79. The standard InChI is InChI=1S/C8H14O6.C2H6/c1-4(9)13-3-6-8(12)5(10)2-7(11)14-6;1-2/h5-8,10-12H,2-3H2,1H3;1-2H3. The fourth-order valence-electron chi connectivity index (χ4n) is 1.27. The van der Waals surface area contributed by atoms with Gasteiger partial charge in [-0.2, -0.15) is 0 Å². The van der Waals surface area contributed by atoms with Crippen molar-refractivity contribution in [3.05, 3.63) is 0 Å². The first-order chi connectivity index (χ1) is 7.50. The normalized spacial score (nSPS) is 33.6. The summed E-state index contributed by atoms with van der Waals surface area (Å²) in [5.41, 5.74) is 0. The third kappa shape index (κ3) is 4.89. The van der Waals surface area contributed by atoms with E-state index in [0.717, 1.165) is 0 Å². The first kappa shape index (κ1) is 15.3. The molecule has 0 amide bonds. The van der Waals surface area contributed by atoms with E-state index in [0.29, 0.717) is 0 Å². The van der Waals surface area contributed by atoms with E-state index in [1.165, 1.54) is 6.92 Å². The summed E-state index contributed by atoms with van der Waals surface area (Å²) in [5, 5.41) is 27.7.